The molecule has 9 heteroatoms. The second-order valence-corrected chi connectivity index (χ2v) is 7.31. The molecule has 2 rings (SSSR count). The van der Waals surface area contributed by atoms with Crippen molar-refractivity contribution in [2.45, 2.75) is 18.0 Å². The summed E-state index contributed by atoms with van der Waals surface area (Å²) >= 11 is 7.18. The van der Waals surface area contributed by atoms with Crippen LogP contribution in [0.4, 0.5) is 4.39 Å². The smallest absolute Gasteiger partial charge is 0.243 e. The van der Waals surface area contributed by atoms with E-state index in [0.29, 0.717) is 5.01 Å². The fourth-order valence-electron chi connectivity index (χ4n) is 1.71. The van der Waals surface area contributed by atoms with Crippen LogP contribution in [0.15, 0.2) is 28.6 Å². The van der Waals surface area contributed by atoms with Crippen molar-refractivity contribution in [3.05, 3.63) is 45.1 Å². The van der Waals surface area contributed by atoms with E-state index < -0.39 is 20.7 Å². The van der Waals surface area contributed by atoms with Gasteiger partial charge in [-0.2, -0.15) is 0 Å². The van der Waals surface area contributed by atoms with Crippen LogP contribution < -0.4 is 10.0 Å². The van der Waals surface area contributed by atoms with E-state index in [1.165, 1.54) is 17.4 Å². The highest BCUT2D eigenvalue weighted by Crippen LogP contribution is 2.24. The molecule has 5 nitrogen and oxygen atoms in total. The van der Waals surface area contributed by atoms with Gasteiger partial charge in [-0.05, 0) is 19.2 Å². The molecule has 0 radical (unpaired) electrons. The molecule has 2 N–H and O–H groups in total. The molecule has 0 spiro atoms. The van der Waals surface area contributed by atoms with Crippen molar-refractivity contribution in [3.63, 3.8) is 0 Å². The van der Waals surface area contributed by atoms with E-state index in [1.54, 1.807) is 18.6 Å². The molecule has 0 unspecified atom stereocenters. The van der Waals surface area contributed by atoms with Gasteiger partial charge in [0.15, 0.2) is 0 Å². The summed E-state index contributed by atoms with van der Waals surface area (Å²) < 4.78 is 41.0. The summed E-state index contributed by atoms with van der Waals surface area (Å²) in [5, 5.41) is 5.25. The van der Waals surface area contributed by atoms with Gasteiger partial charge in [0.25, 0.3) is 0 Å². The van der Waals surface area contributed by atoms with Crippen LogP contribution in [0.1, 0.15) is 10.6 Å². The number of thiazole rings is 1. The van der Waals surface area contributed by atoms with Crippen LogP contribution >= 0.6 is 22.9 Å². The summed E-state index contributed by atoms with van der Waals surface area (Å²) in [7, 11) is -2.37. The number of sulfonamides is 1. The first-order chi connectivity index (χ1) is 9.94. The van der Waals surface area contributed by atoms with E-state index in [2.05, 4.69) is 15.0 Å². The van der Waals surface area contributed by atoms with Crippen LogP contribution in [0.2, 0.25) is 5.02 Å². The Morgan fingerprint density at radius 3 is 2.76 bits per heavy atom. The molecule has 0 aliphatic heterocycles. The molecule has 1 aromatic heterocycles. The molecule has 0 saturated heterocycles. The zero-order valence-electron chi connectivity index (χ0n) is 11.1. The molecule has 0 aliphatic rings. The summed E-state index contributed by atoms with van der Waals surface area (Å²) in [6.45, 7) is 0.189. The molecular formula is C12H13ClFN3O2S2. The van der Waals surface area contributed by atoms with E-state index in [-0.39, 0.29) is 23.7 Å². The number of benzene rings is 1. The first-order valence-corrected chi connectivity index (χ1v) is 8.68. The lowest BCUT2D eigenvalue weighted by Gasteiger charge is -2.10. The normalized spacial score (nSPS) is 11.8. The molecule has 0 aliphatic carbocycles. The molecule has 0 bridgehead atoms. The quantitative estimate of drug-likeness (QED) is 0.838. The molecule has 0 saturated carbocycles. The van der Waals surface area contributed by atoms with Gasteiger partial charge in [0.1, 0.15) is 15.7 Å². The standard InChI is InChI=1S/C12H13ClFN3O2S2/c1-15-6-8-4-9(13)5-10(12(8)14)21(18,19)17-7-11-16-2-3-20-11/h2-5,15,17H,6-7H2,1H3. The largest absolute Gasteiger partial charge is 0.316 e. The summed E-state index contributed by atoms with van der Waals surface area (Å²) in [6.07, 6.45) is 1.57. The van der Waals surface area contributed by atoms with Crippen molar-refractivity contribution in [2.75, 3.05) is 7.05 Å². The second-order valence-electron chi connectivity index (χ2n) is 4.16. The Morgan fingerprint density at radius 2 is 2.14 bits per heavy atom. The zero-order valence-corrected chi connectivity index (χ0v) is 13.4. The van der Waals surface area contributed by atoms with Gasteiger partial charge in [-0.3, -0.25) is 0 Å². The van der Waals surface area contributed by atoms with Gasteiger partial charge in [0, 0.05) is 28.7 Å². The number of hydrogen-bond acceptors (Lipinski definition) is 5. The van der Waals surface area contributed by atoms with E-state index in [9.17, 15) is 12.8 Å². The van der Waals surface area contributed by atoms with Gasteiger partial charge in [0.2, 0.25) is 10.0 Å². The molecule has 0 fully saturated rings. The topological polar surface area (TPSA) is 71.1 Å². The van der Waals surface area contributed by atoms with Crippen molar-refractivity contribution < 1.29 is 12.8 Å². The lowest BCUT2D eigenvalue weighted by atomic mass is 10.2. The number of halogens is 2. The van der Waals surface area contributed by atoms with Gasteiger partial charge in [-0.15, -0.1) is 11.3 Å². The summed E-state index contributed by atoms with van der Waals surface area (Å²) in [6, 6.07) is 2.49. The Bertz CT molecular complexity index is 720. The second kappa shape index (κ2) is 6.80. The van der Waals surface area contributed by atoms with E-state index >= 15 is 0 Å². The summed E-state index contributed by atoms with van der Waals surface area (Å²) in [5.74, 6) is -0.805. The molecular weight excluding hydrogens is 337 g/mol. The first kappa shape index (κ1) is 16.3. The van der Waals surface area contributed by atoms with Gasteiger partial charge in [0.05, 0.1) is 6.54 Å². The van der Waals surface area contributed by atoms with Crippen molar-refractivity contribution in [3.8, 4) is 0 Å². The monoisotopic (exact) mass is 349 g/mol. The number of aromatic nitrogens is 1. The Hall–Kier alpha value is -1.06. The maximum absolute atomic E-state index is 14.3. The average Bonchev–Trinajstić information content (AvgIpc) is 2.94. The molecule has 0 amide bonds. The third-order valence-corrected chi connectivity index (χ3v) is 5.03. The minimum atomic E-state index is -4.00. The van der Waals surface area contributed by atoms with E-state index in [1.807, 2.05) is 0 Å². The Labute approximate surface area is 131 Å². The van der Waals surface area contributed by atoms with Gasteiger partial charge in [-0.1, -0.05) is 11.6 Å². The minimum absolute atomic E-state index is 0.00726. The number of nitrogens with zero attached hydrogens (tertiary/aromatic N) is 1. The van der Waals surface area contributed by atoms with Gasteiger partial charge < -0.3 is 5.32 Å². The SMILES string of the molecule is CNCc1cc(Cl)cc(S(=O)(=O)NCc2nccs2)c1F. The lowest BCUT2D eigenvalue weighted by molar-refractivity contribution is 0.546. The fourth-order valence-corrected chi connectivity index (χ4v) is 3.79. The van der Waals surface area contributed by atoms with E-state index in [0.717, 1.165) is 6.07 Å². The highest BCUT2D eigenvalue weighted by molar-refractivity contribution is 7.89. The minimum Gasteiger partial charge on any atom is -0.316 e. The van der Waals surface area contributed by atoms with Crippen LogP contribution in [0.5, 0.6) is 0 Å². The van der Waals surface area contributed by atoms with Crippen molar-refractivity contribution >= 4 is 33.0 Å². The highest BCUT2D eigenvalue weighted by Gasteiger charge is 2.22. The zero-order chi connectivity index (χ0) is 15.5. The summed E-state index contributed by atoms with van der Waals surface area (Å²) in [4.78, 5) is 3.50. The maximum atomic E-state index is 14.3. The third kappa shape index (κ3) is 3.98. The molecule has 0 atom stereocenters. The van der Waals surface area contributed by atoms with Crippen molar-refractivity contribution in [2.24, 2.45) is 0 Å². The van der Waals surface area contributed by atoms with Crippen LogP contribution in [-0.4, -0.2) is 20.4 Å². The third-order valence-electron chi connectivity index (χ3n) is 2.63. The Balaban J connectivity index is 2.30. The number of nitrogens with one attached hydrogen (secondary N) is 2. The number of hydrogen-bond donors (Lipinski definition) is 2. The molecule has 114 valence electrons. The van der Waals surface area contributed by atoms with Crippen molar-refractivity contribution in [1.82, 2.24) is 15.0 Å². The van der Waals surface area contributed by atoms with Crippen molar-refractivity contribution in [1.29, 1.82) is 0 Å². The van der Waals surface area contributed by atoms with Gasteiger partial charge in [-0.25, -0.2) is 22.5 Å². The van der Waals surface area contributed by atoms with Crippen LogP contribution in [-0.2, 0) is 23.1 Å². The first-order valence-electron chi connectivity index (χ1n) is 5.94. The molecule has 2 aromatic rings. The van der Waals surface area contributed by atoms with E-state index in [4.69, 9.17) is 11.6 Å². The van der Waals surface area contributed by atoms with Crippen LogP contribution in [0, 0.1) is 5.82 Å². The Morgan fingerprint density at radius 1 is 1.38 bits per heavy atom. The molecule has 21 heavy (non-hydrogen) atoms. The summed E-state index contributed by atoms with van der Waals surface area (Å²) in [5.41, 5.74) is 0.194. The lowest BCUT2D eigenvalue weighted by Crippen LogP contribution is -2.25. The predicted octanol–water partition coefficient (Wildman–Crippen LogP) is 2.13. The fraction of sp³-hybridized carbons (Fsp3) is 0.250. The van der Waals surface area contributed by atoms with Crippen LogP contribution in [0.3, 0.4) is 0 Å². The van der Waals surface area contributed by atoms with Gasteiger partial charge >= 0.3 is 0 Å². The average molecular weight is 350 g/mol. The molecule has 1 heterocycles. The maximum Gasteiger partial charge on any atom is 0.243 e. The highest BCUT2D eigenvalue weighted by atomic mass is 35.5. The number of rotatable bonds is 6. The van der Waals surface area contributed by atoms with Crippen LogP contribution in [0.25, 0.3) is 0 Å². The molecule has 1 aromatic carbocycles. The predicted molar refractivity (Wildman–Crippen MR) is 80.3 cm³/mol. The Kier molecular flexibility index (Phi) is 5.28.